The number of hydrogen-bond donors (Lipinski definition) is 2. The third kappa shape index (κ3) is 4.58. The molecule has 2 rings (SSSR count). The number of nitrogens with zero attached hydrogens (tertiary/aromatic N) is 1. The van der Waals surface area contributed by atoms with Crippen LogP contribution in [0.5, 0.6) is 0 Å². The van der Waals surface area contributed by atoms with Gasteiger partial charge in [-0.3, -0.25) is 14.6 Å². The van der Waals surface area contributed by atoms with Crippen LogP contribution in [0.1, 0.15) is 42.6 Å². The Bertz CT molecular complexity index is 603. The lowest BCUT2D eigenvalue weighted by Crippen LogP contribution is -2.24. The van der Waals surface area contributed by atoms with Crippen LogP contribution in [0.2, 0.25) is 0 Å². The SMILES string of the molecule is COC(=O)CCCCCCNC(=O)c1cc2cnccc2[nH]1. The number of amides is 1. The number of carbonyl (C=O) groups excluding carboxylic acids is 2. The van der Waals surface area contributed by atoms with Crippen molar-refractivity contribution in [2.75, 3.05) is 13.7 Å². The average Bonchev–Trinajstić information content (AvgIpc) is 2.97. The molecule has 0 aliphatic heterocycles. The third-order valence-corrected chi connectivity index (χ3v) is 3.49. The number of aromatic amines is 1. The van der Waals surface area contributed by atoms with Crippen LogP contribution < -0.4 is 5.32 Å². The van der Waals surface area contributed by atoms with Gasteiger partial charge in [-0.25, -0.2) is 0 Å². The Balaban J connectivity index is 1.64. The number of esters is 1. The summed E-state index contributed by atoms with van der Waals surface area (Å²) in [4.78, 5) is 30.0. The number of carbonyl (C=O) groups is 2. The molecule has 0 fully saturated rings. The molecule has 0 aromatic carbocycles. The van der Waals surface area contributed by atoms with Crippen molar-refractivity contribution < 1.29 is 14.3 Å². The second-order valence-corrected chi connectivity index (χ2v) is 5.14. The van der Waals surface area contributed by atoms with Crippen molar-refractivity contribution >= 4 is 22.8 Å². The van der Waals surface area contributed by atoms with Crippen molar-refractivity contribution in [3.8, 4) is 0 Å². The summed E-state index contributed by atoms with van der Waals surface area (Å²) in [6.07, 6.45) is 7.55. The van der Waals surface area contributed by atoms with Crippen LogP contribution in [0.4, 0.5) is 0 Å². The van der Waals surface area contributed by atoms with Gasteiger partial charge in [0.15, 0.2) is 0 Å². The molecule has 0 saturated carbocycles. The van der Waals surface area contributed by atoms with Crippen molar-refractivity contribution in [3.05, 3.63) is 30.2 Å². The topological polar surface area (TPSA) is 84.1 Å². The zero-order chi connectivity index (χ0) is 15.8. The average molecular weight is 303 g/mol. The van der Waals surface area contributed by atoms with E-state index in [2.05, 4.69) is 20.0 Å². The summed E-state index contributed by atoms with van der Waals surface area (Å²) in [5.74, 6) is -0.271. The van der Waals surface area contributed by atoms with Gasteiger partial charge in [0.25, 0.3) is 5.91 Å². The maximum atomic E-state index is 12.0. The molecule has 2 N–H and O–H groups in total. The normalized spacial score (nSPS) is 10.6. The minimum atomic E-state index is -0.165. The molecule has 1 amide bonds. The Hall–Kier alpha value is -2.37. The highest BCUT2D eigenvalue weighted by molar-refractivity contribution is 5.97. The lowest BCUT2D eigenvalue weighted by Gasteiger charge is -2.04. The molecule has 6 nitrogen and oxygen atoms in total. The summed E-state index contributed by atoms with van der Waals surface area (Å²) < 4.78 is 4.58. The van der Waals surface area contributed by atoms with E-state index >= 15 is 0 Å². The van der Waals surface area contributed by atoms with Gasteiger partial charge in [-0.15, -0.1) is 0 Å². The van der Waals surface area contributed by atoms with E-state index in [1.807, 2.05) is 6.07 Å². The number of pyridine rings is 1. The van der Waals surface area contributed by atoms with E-state index in [9.17, 15) is 9.59 Å². The highest BCUT2D eigenvalue weighted by Gasteiger charge is 2.08. The monoisotopic (exact) mass is 303 g/mol. The molecule has 0 unspecified atom stereocenters. The molecule has 0 atom stereocenters. The number of nitrogens with one attached hydrogen (secondary N) is 2. The first kappa shape index (κ1) is 16.0. The van der Waals surface area contributed by atoms with Crippen molar-refractivity contribution in [3.63, 3.8) is 0 Å². The summed E-state index contributed by atoms with van der Waals surface area (Å²) in [7, 11) is 1.40. The number of unbranched alkanes of at least 4 members (excludes halogenated alkanes) is 3. The van der Waals surface area contributed by atoms with Crippen LogP contribution in [0.15, 0.2) is 24.5 Å². The number of hydrogen-bond acceptors (Lipinski definition) is 4. The van der Waals surface area contributed by atoms with Gasteiger partial charge in [-0.05, 0) is 25.0 Å². The fourth-order valence-corrected chi connectivity index (χ4v) is 2.24. The standard InChI is InChI=1S/C16H21N3O3/c1-22-15(20)6-4-2-3-5-8-18-16(21)14-10-12-11-17-9-7-13(12)19-14/h7,9-11,19H,2-6,8H2,1H3,(H,18,21). The van der Waals surface area contributed by atoms with Gasteiger partial charge in [0.2, 0.25) is 0 Å². The van der Waals surface area contributed by atoms with Crippen molar-refractivity contribution in [1.82, 2.24) is 15.3 Å². The fraction of sp³-hybridized carbons (Fsp3) is 0.438. The smallest absolute Gasteiger partial charge is 0.305 e. The zero-order valence-corrected chi connectivity index (χ0v) is 12.7. The fourth-order valence-electron chi connectivity index (χ4n) is 2.24. The molecule has 0 saturated heterocycles. The Kier molecular flexibility index (Phi) is 5.94. The van der Waals surface area contributed by atoms with Gasteiger partial charge >= 0.3 is 5.97 Å². The summed E-state index contributed by atoms with van der Waals surface area (Å²) in [5, 5.41) is 3.81. The van der Waals surface area contributed by atoms with Crippen molar-refractivity contribution in [2.24, 2.45) is 0 Å². The number of aromatic nitrogens is 2. The van der Waals surface area contributed by atoms with E-state index in [0.29, 0.717) is 18.7 Å². The zero-order valence-electron chi connectivity index (χ0n) is 12.7. The quantitative estimate of drug-likeness (QED) is 0.579. The van der Waals surface area contributed by atoms with Crippen molar-refractivity contribution in [1.29, 1.82) is 0 Å². The van der Waals surface area contributed by atoms with Crippen LogP contribution in [0.3, 0.4) is 0 Å². The van der Waals surface area contributed by atoms with Gasteiger partial charge in [0, 0.05) is 36.3 Å². The highest BCUT2D eigenvalue weighted by atomic mass is 16.5. The minimum absolute atomic E-state index is 0.106. The van der Waals surface area contributed by atoms with Gasteiger partial charge in [-0.2, -0.15) is 0 Å². The Morgan fingerprint density at radius 1 is 1.27 bits per heavy atom. The minimum Gasteiger partial charge on any atom is -0.469 e. The van der Waals surface area contributed by atoms with Gasteiger partial charge < -0.3 is 15.0 Å². The molecular weight excluding hydrogens is 282 g/mol. The van der Waals surface area contributed by atoms with E-state index in [1.165, 1.54) is 7.11 Å². The van der Waals surface area contributed by atoms with Crippen LogP contribution in [-0.2, 0) is 9.53 Å². The number of methoxy groups -OCH3 is 1. The van der Waals surface area contributed by atoms with Crippen LogP contribution in [0.25, 0.3) is 10.9 Å². The van der Waals surface area contributed by atoms with E-state index in [4.69, 9.17) is 0 Å². The van der Waals surface area contributed by atoms with E-state index < -0.39 is 0 Å². The molecule has 6 heteroatoms. The number of H-pyrrole nitrogens is 1. The third-order valence-electron chi connectivity index (χ3n) is 3.49. The molecule has 0 aliphatic rings. The maximum absolute atomic E-state index is 12.0. The summed E-state index contributed by atoms with van der Waals surface area (Å²) in [5.41, 5.74) is 1.46. The molecule has 0 bridgehead atoms. The summed E-state index contributed by atoms with van der Waals surface area (Å²) >= 11 is 0. The first-order valence-corrected chi connectivity index (χ1v) is 7.48. The van der Waals surface area contributed by atoms with Gasteiger partial charge in [0.1, 0.15) is 5.69 Å². The lowest BCUT2D eigenvalue weighted by molar-refractivity contribution is -0.140. The van der Waals surface area contributed by atoms with E-state index in [-0.39, 0.29) is 11.9 Å². The van der Waals surface area contributed by atoms with Crippen LogP contribution in [-0.4, -0.2) is 35.5 Å². The second-order valence-electron chi connectivity index (χ2n) is 5.14. The summed E-state index contributed by atoms with van der Waals surface area (Å²) in [6, 6.07) is 3.64. The molecular formula is C16H21N3O3. The molecule has 22 heavy (non-hydrogen) atoms. The van der Waals surface area contributed by atoms with Crippen LogP contribution in [0, 0.1) is 0 Å². The summed E-state index contributed by atoms with van der Waals surface area (Å²) in [6.45, 7) is 0.630. The number of fused-ring (bicyclic) bond motifs is 1. The molecule has 0 spiro atoms. The van der Waals surface area contributed by atoms with E-state index in [0.717, 1.165) is 36.6 Å². The highest BCUT2D eigenvalue weighted by Crippen LogP contribution is 2.13. The Labute approximate surface area is 129 Å². The van der Waals surface area contributed by atoms with Crippen LogP contribution >= 0.6 is 0 Å². The number of ether oxygens (including phenoxy) is 1. The number of rotatable bonds is 8. The molecule has 0 radical (unpaired) electrons. The predicted molar refractivity (Wildman–Crippen MR) is 83.5 cm³/mol. The second kappa shape index (κ2) is 8.17. The molecule has 118 valence electrons. The van der Waals surface area contributed by atoms with Gasteiger partial charge in [-0.1, -0.05) is 12.8 Å². The lowest BCUT2D eigenvalue weighted by atomic mass is 10.1. The first-order valence-electron chi connectivity index (χ1n) is 7.48. The van der Waals surface area contributed by atoms with Crippen molar-refractivity contribution in [2.45, 2.75) is 32.1 Å². The molecule has 2 heterocycles. The maximum Gasteiger partial charge on any atom is 0.305 e. The molecule has 2 aromatic heterocycles. The molecule has 2 aromatic rings. The molecule has 0 aliphatic carbocycles. The Morgan fingerprint density at radius 3 is 2.86 bits per heavy atom. The predicted octanol–water partition coefficient (Wildman–Crippen LogP) is 2.42. The largest absolute Gasteiger partial charge is 0.469 e. The van der Waals surface area contributed by atoms with Gasteiger partial charge in [0.05, 0.1) is 7.11 Å². The first-order chi connectivity index (χ1) is 10.7. The Morgan fingerprint density at radius 2 is 2.09 bits per heavy atom. The van der Waals surface area contributed by atoms with E-state index in [1.54, 1.807) is 18.5 Å².